The van der Waals surface area contributed by atoms with E-state index in [1.807, 2.05) is 13.2 Å². The monoisotopic (exact) mass is 290 g/mol. The fraction of sp³-hybridized carbons (Fsp3) is 0.214. The number of pyridine rings is 1. The van der Waals surface area contributed by atoms with Gasteiger partial charge in [0, 0.05) is 22.8 Å². The van der Waals surface area contributed by atoms with Crippen molar-refractivity contribution in [2.24, 2.45) is 0 Å². The molecular weight excluding hydrogens is 276 g/mol. The lowest BCUT2D eigenvalue weighted by atomic mass is 10.1. The topological polar surface area (TPSA) is 24.9 Å². The average molecular weight is 291 g/mol. The summed E-state index contributed by atoms with van der Waals surface area (Å²) in [5, 5.41) is 3.09. The minimum atomic E-state index is 0.805. The van der Waals surface area contributed by atoms with E-state index in [-0.39, 0.29) is 0 Å². The lowest BCUT2D eigenvalue weighted by Gasteiger charge is -2.05. The van der Waals surface area contributed by atoms with E-state index in [0.29, 0.717) is 0 Å². The maximum atomic E-state index is 4.42. The van der Waals surface area contributed by atoms with Crippen molar-refractivity contribution < 1.29 is 0 Å². The normalized spacial score (nSPS) is 10.5. The van der Waals surface area contributed by atoms with Crippen LogP contribution in [0.3, 0.4) is 0 Å². The van der Waals surface area contributed by atoms with Crippen molar-refractivity contribution in [2.75, 3.05) is 7.05 Å². The highest BCUT2D eigenvalue weighted by Crippen LogP contribution is 2.24. The Morgan fingerprint density at radius 1 is 1.18 bits per heavy atom. The number of nitrogens with zero attached hydrogens (tertiary/aromatic N) is 1. The molecule has 2 rings (SSSR count). The minimum absolute atomic E-state index is 0.805. The van der Waals surface area contributed by atoms with E-state index in [0.717, 1.165) is 22.3 Å². The first kappa shape index (κ1) is 12.3. The number of halogens is 1. The number of aryl methyl sites for hydroxylation is 1. The van der Waals surface area contributed by atoms with Crippen molar-refractivity contribution in [1.82, 2.24) is 10.3 Å². The molecule has 2 nitrogen and oxygen atoms in total. The van der Waals surface area contributed by atoms with Gasteiger partial charge in [0.25, 0.3) is 0 Å². The quantitative estimate of drug-likeness (QED) is 0.935. The summed E-state index contributed by atoms with van der Waals surface area (Å²) in [4.78, 5) is 4.42. The first-order valence-electron chi connectivity index (χ1n) is 5.57. The standard InChI is InChI=1S/C14H15BrN2/c1-10-7-11(4-6-14(10)15)12-3-5-13(9-16-2)17-8-12/h3-8,16H,9H2,1-2H3. The molecule has 0 fully saturated rings. The van der Waals surface area contributed by atoms with Crippen LogP contribution < -0.4 is 5.32 Å². The van der Waals surface area contributed by atoms with Crippen molar-refractivity contribution in [3.8, 4) is 11.1 Å². The van der Waals surface area contributed by atoms with Crippen molar-refractivity contribution in [2.45, 2.75) is 13.5 Å². The molecule has 0 aliphatic rings. The van der Waals surface area contributed by atoms with Crippen LogP contribution in [-0.4, -0.2) is 12.0 Å². The summed E-state index contributed by atoms with van der Waals surface area (Å²) < 4.78 is 1.14. The van der Waals surface area contributed by atoms with Crippen LogP contribution in [0.5, 0.6) is 0 Å². The van der Waals surface area contributed by atoms with E-state index >= 15 is 0 Å². The van der Waals surface area contributed by atoms with Crippen LogP contribution in [0.4, 0.5) is 0 Å². The Hall–Kier alpha value is -1.19. The van der Waals surface area contributed by atoms with E-state index in [2.05, 4.69) is 63.5 Å². The number of hydrogen-bond acceptors (Lipinski definition) is 2. The Balaban J connectivity index is 2.30. The lowest BCUT2D eigenvalue weighted by Crippen LogP contribution is -2.06. The zero-order valence-corrected chi connectivity index (χ0v) is 11.6. The molecule has 0 aliphatic heterocycles. The SMILES string of the molecule is CNCc1ccc(-c2ccc(Br)c(C)c2)cn1. The van der Waals surface area contributed by atoms with E-state index in [4.69, 9.17) is 0 Å². The second-order valence-electron chi connectivity index (χ2n) is 4.03. The molecule has 0 atom stereocenters. The molecule has 0 aliphatic carbocycles. The van der Waals surface area contributed by atoms with Gasteiger partial charge in [0.2, 0.25) is 0 Å². The number of aromatic nitrogens is 1. The van der Waals surface area contributed by atoms with Gasteiger partial charge >= 0.3 is 0 Å². The molecule has 2 aromatic rings. The average Bonchev–Trinajstić information content (AvgIpc) is 2.34. The van der Waals surface area contributed by atoms with Gasteiger partial charge in [-0.15, -0.1) is 0 Å². The molecule has 0 saturated carbocycles. The highest BCUT2D eigenvalue weighted by atomic mass is 79.9. The Labute approximate surface area is 110 Å². The Morgan fingerprint density at radius 2 is 1.94 bits per heavy atom. The Kier molecular flexibility index (Phi) is 3.92. The Morgan fingerprint density at radius 3 is 2.53 bits per heavy atom. The molecule has 0 unspecified atom stereocenters. The summed E-state index contributed by atoms with van der Waals surface area (Å²) in [6, 6.07) is 10.5. The first-order chi connectivity index (χ1) is 8.20. The van der Waals surface area contributed by atoms with Crippen LogP contribution in [0.25, 0.3) is 11.1 Å². The third kappa shape index (κ3) is 2.93. The number of nitrogens with one attached hydrogen (secondary N) is 1. The van der Waals surface area contributed by atoms with Gasteiger partial charge in [-0.25, -0.2) is 0 Å². The van der Waals surface area contributed by atoms with E-state index in [1.165, 1.54) is 11.1 Å². The second-order valence-corrected chi connectivity index (χ2v) is 4.89. The van der Waals surface area contributed by atoms with E-state index < -0.39 is 0 Å². The fourth-order valence-corrected chi connectivity index (χ4v) is 1.95. The molecule has 0 bridgehead atoms. The van der Waals surface area contributed by atoms with Gasteiger partial charge in [-0.2, -0.15) is 0 Å². The third-order valence-corrected chi connectivity index (χ3v) is 3.56. The van der Waals surface area contributed by atoms with Gasteiger partial charge in [0.1, 0.15) is 0 Å². The highest BCUT2D eigenvalue weighted by molar-refractivity contribution is 9.10. The second kappa shape index (κ2) is 5.43. The molecule has 0 saturated heterocycles. The zero-order chi connectivity index (χ0) is 12.3. The van der Waals surface area contributed by atoms with Crippen LogP contribution in [-0.2, 0) is 6.54 Å². The van der Waals surface area contributed by atoms with Crippen LogP contribution >= 0.6 is 15.9 Å². The fourth-order valence-electron chi connectivity index (χ4n) is 1.71. The molecular formula is C14H15BrN2. The molecule has 0 amide bonds. The van der Waals surface area contributed by atoms with Gasteiger partial charge in [-0.05, 0) is 37.2 Å². The maximum Gasteiger partial charge on any atom is 0.0542 e. The summed E-state index contributed by atoms with van der Waals surface area (Å²) in [6.07, 6.45) is 1.93. The minimum Gasteiger partial charge on any atom is -0.314 e. The molecule has 1 aromatic carbocycles. The Bertz CT molecular complexity index is 506. The van der Waals surface area contributed by atoms with Gasteiger partial charge in [0.05, 0.1) is 5.69 Å². The predicted octanol–water partition coefficient (Wildman–Crippen LogP) is 3.54. The van der Waals surface area contributed by atoms with Crippen molar-refractivity contribution in [1.29, 1.82) is 0 Å². The van der Waals surface area contributed by atoms with Gasteiger partial charge in [-0.1, -0.05) is 34.1 Å². The predicted molar refractivity (Wildman–Crippen MR) is 74.9 cm³/mol. The van der Waals surface area contributed by atoms with E-state index in [9.17, 15) is 0 Å². The number of rotatable bonds is 3. The number of hydrogen-bond donors (Lipinski definition) is 1. The molecule has 1 heterocycles. The largest absolute Gasteiger partial charge is 0.314 e. The van der Waals surface area contributed by atoms with Crippen molar-refractivity contribution in [3.63, 3.8) is 0 Å². The molecule has 1 N–H and O–H groups in total. The van der Waals surface area contributed by atoms with Crippen LogP contribution in [0.1, 0.15) is 11.3 Å². The number of benzene rings is 1. The van der Waals surface area contributed by atoms with Gasteiger partial charge in [0.15, 0.2) is 0 Å². The highest BCUT2D eigenvalue weighted by Gasteiger charge is 2.01. The van der Waals surface area contributed by atoms with Crippen molar-refractivity contribution >= 4 is 15.9 Å². The lowest BCUT2D eigenvalue weighted by molar-refractivity contribution is 0.791. The van der Waals surface area contributed by atoms with E-state index in [1.54, 1.807) is 0 Å². The molecule has 88 valence electrons. The molecule has 1 aromatic heterocycles. The molecule has 3 heteroatoms. The summed E-state index contributed by atoms with van der Waals surface area (Å²) in [5.41, 5.74) is 4.65. The molecule has 0 spiro atoms. The van der Waals surface area contributed by atoms with Crippen LogP contribution in [0.2, 0.25) is 0 Å². The van der Waals surface area contributed by atoms with Gasteiger partial charge < -0.3 is 5.32 Å². The van der Waals surface area contributed by atoms with Crippen LogP contribution in [0, 0.1) is 6.92 Å². The molecule has 0 radical (unpaired) electrons. The zero-order valence-electron chi connectivity index (χ0n) is 10.00. The maximum absolute atomic E-state index is 4.42. The first-order valence-corrected chi connectivity index (χ1v) is 6.36. The summed E-state index contributed by atoms with van der Waals surface area (Å²) in [6.45, 7) is 2.90. The smallest absolute Gasteiger partial charge is 0.0542 e. The van der Waals surface area contributed by atoms with Gasteiger partial charge in [-0.3, -0.25) is 4.98 Å². The summed E-state index contributed by atoms with van der Waals surface area (Å²) >= 11 is 3.51. The van der Waals surface area contributed by atoms with Crippen LogP contribution in [0.15, 0.2) is 41.0 Å². The summed E-state index contributed by atoms with van der Waals surface area (Å²) in [7, 11) is 1.92. The summed E-state index contributed by atoms with van der Waals surface area (Å²) in [5.74, 6) is 0. The molecule has 17 heavy (non-hydrogen) atoms. The third-order valence-electron chi connectivity index (χ3n) is 2.67. The van der Waals surface area contributed by atoms with Crippen molar-refractivity contribution in [3.05, 3.63) is 52.3 Å².